The number of carbonyl (C=O) groups is 1. The highest BCUT2D eigenvalue weighted by atomic mass is 32.2. The first-order valence-electron chi connectivity index (χ1n) is 10.4. The molecule has 1 N–H and O–H groups in total. The fourth-order valence-corrected chi connectivity index (χ4v) is 5.13. The lowest BCUT2D eigenvalue weighted by Gasteiger charge is -2.34. The van der Waals surface area contributed by atoms with Crippen molar-refractivity contribution in [2.24, 2.45) is 5.92 Å². The Hall–Kier alpha value is -2.22. The Labute approximate surface area is 179 Å². The van der Waals surface area contributed by atoms with Gasteiger partial charge in [-0.1, -0.05) is 61.9 Å². The smallest absolute Gasteiger partial charge is 0.243 e. The van der Waals surface area contributed by atoms with E-state index in [1.54, 1.807) is 12.1 Å². The number of nitrogens with zero attached hydrogens (tertiary/aromatic N) is 2. The molecule has 162 valence electrons. The maximum Gasteiger partial charge on any atom is 0.243 e. The van der Waals surface area contributed by atoms with Crippen LogP contribution in [0.4, 0.5) is 0 Å². The molecule has 0 aliphatic carbocycles. The van der Waals surface area contributed by atoms with Crippen molar-refractivity contribution >= 4 is 15.9 Å². The van der Waals surface area contributed by atoms with Gasteiger partial charge in [0.1, 0.15) is 0 Å². The summed E-state index contributed by atoms with van der Waals surface area (Å²) in [4.78, 5) is 15.0. The third kappa shape index (κ3) is 5.47. The van der Waals surface area contributed by atoms with E-state index in [1.165, 1.54) is 4.31 Å². The summed E-state index contributed by atoms with van der Waals surface area (Å²) < 4.78 is 27.2. The number of piperazine rings is 1. The number of nitrogens with one attached hydrogen (secondary N) is 1. The summed E-state index contributed by atoms with van der Waals surface area (Å²) in [5.41, 5.74) is 2.12. The lowest BCUT2D eigenvalue weighted by Crippen LogP contribution is -2.51. The molecule has 30 heavy (non-hydrogen) atoms. The molecule has 7 heteroatoms. The van der Waals surface area contributed by atoms with Gasteiger partial charge in [-0.25, -0.2) is 8.42 Å². The minimum absolute atomic E-state index is 0.0348. The molecular formula is C23H31N3O3S. The van der Waals surface area contributed by atoms with Crippen LogP contribution >= 0.6 is 0 Å². The van der Waals surface area contributed by atoms with Gasteiger partial charge in [0.15, 0.2) is 0 Å². The van der Waals surface area contributed by atoms with Gasteiger partial charge in [0.2, 0.25) is 15.9 Å². The Morgan fingerprint density at radius 2 is 1.57 bits per heavy atom. The van der Waals surface area contributed by atoms with Gasteiger partial charge in [0, 0.05) is 26.2 Å². The molecule has 2 aromatic rings. The molecule has 1 atom stereocenters. The molecule has 3 rings (SSSR count). The average molecular weight is 430 g/mol. The molecule has 0 saturated carbocycles. The normalized spacial score (nSPS) is 17.1. The summed E-state index contributed by atoms with van der Waals surface area (Å²) >= 11 is 0. The van der Waals surface area contributed by atoms with Crippen LogP contribution < -0.4 is 5.32 Å². The first-order valence-corrected chi connectivity index (χ1v) is 11.8. The Kier molecular flexibility index (Phi) is 7.28. The number of sulfonamides is 1. The fourth-order valence-electron chi connectivity index (χ4n) is 3.70. The molecule has 6 nitrogen and oxygen atoms in total. The van der Waals surface area contributed by atoms with E-state index in [9.17, 15) is 13.2 Å². The second-order valence-electron chi connectivity index (χ2n) is 8.19. The number of rotatable bonds is 7. The summed E-state index contributed by atoms with van der Waals surface area (Å²) in [6.45, 7) is 8.23. The zero-order valence-corrected chi connectivity index (χ0v) is 18.7. The highest BCUT2D eigenvalue weighted by Gasteiger charge is 2.29. The third-order valence-corrected chi connectivity index (χ3v) is 7.41. The van der Waals surface area contributed by atoms with E-state index in [0.29, 0.717) is 31.1 Å². The second-order valence-corrected chi connectivity index (χ2v) is 10.1. The van der Waals surface area contributed by atoms with Crippen molar-refractivity contribution in [3.8, 4) is 0 Å². The van der Waals surface area contributed by atoms with E-state index in [2.05, 4.69) is 19.2 Å². The van der Waals surface area contributed by atoms with Crippen LogP contribution in [0.2, 0.25) is 0 Å². The molecular weight excluding hydrogens is 398 g/mol. The Bertz CT molecular complexity index is 935. The second kappa shape index (κ2) is 9.73. The zero-order chi connectivity index (χ0) is 21.7. The maximum absolute atomic E-state index is 12.8. The molecule has 1 unspecified atom stereocenters. The summed E-state index contributed by atoms with van der Waals surface area (Å²) in [6, 6.07) is 16.9. The quantitative estimate of drug-likeness (QED) is 0.735. The molecule has 0 radical (unpaired) electrons. The van der Waals surface area contributed by atoms with Crippen LogP contribution in [0.25, 0.3) is 0 Å². The summed E-state index contributed by atoms with van der Waals surface area (Å²) in [7, 11) is -3.49. The number of hydrogen-bond acceptors (Lipinski definition) is 4. The van der Waals surface area contributed by atoms with Gasteiger partial charge >= 0.3 is 0 Å². The SMILES string of the molecule is Cc1ccc(S(=O)(=O)N2CCN(CC(=O)NC(c3ccccc3)C(C)C)CC2)cc1. The predicted octanol–water partition coefficient (Wildman–Crippen LogP) is 2.81. The summed E-state index contributed by atoms with van der Waals surface area (Å²) in [5, 5.41) is 3.14. The highest BCUT2D eigenvalue weighted by molar-refractivity contribution is 7.89. The van der Waals surface area contributed by atoms with Crippen LogP contribution in [-0.4, -0.2) is 56.3 Å². The minimum Gasteiger partial charge on any atom is -0.348 e. The van der Waals surface area contributed by atoms with Gasteiger partial charge < -0.3 is 5.32 Å². The van der Waals surface area contributed by atoms with Crippen molar-refractivity contribution < 1.29 is 13.2 Å². The van der Waals surface area contributed by atoms with Crippen LogP contribution in [0.3, 0.4) is 0 Å². The standard InChI is InChI=1S/C23H31N3O3S/c1-18(2)23(20-7-5-4-6-8-20)24-22(27)17-25-13-15-26(16-14-25)30(28,29)21-11-9-19(3)10-12-21/h4-12,18,23H,13-17H2,1-3H3,(H,24,27). The predicted molar refractivity (Wildman–Crippen MR) is 119 cm³/mol. The van der Waals surface area contributed by atoms with Gasteiger partial charge in [0.05, 0.1) is 17.5 Å². The van der Waals surface area contributed by atoms with Crippen molar-refractivity contribution in [3.63, 3.8) is 0 Å². The lowest BCUT2D eigenvalue weighted by atomic mass is 9.96. The number of hydrogen-bond donors (Lipinski definition) is 1. The fraction of sp³-hybridized carbons (Fsp3) is 0.435. The number of carbonyl (C=O) groups excluding carboxylic acids is 1. The summed E-state index contributed by atoms with van der Waals surface area (Å²) in [6.07, 6.45) is 0. The molecule has 0 aromatic heterocycles. The van der Waals surface area contributed by atoms with E-state index < -0.39 is 10.0 Å². The van der Waals surface area contributed by atoms with Gasteiger partial charge in [0.25, 0.3) is 0 Å². The van der Waals surface area contributed by atoms with Crippen molar-refractivity contribution in [3.05, 3.63) is 65.7 Å². The molecule has 0 spiro atoms. The van der Waals surface area contributed by atoms with Crippen LogP contribution in [0.1, 0.15) is 31.0 Å². The Morgan fingerprint density at radius 3 is 2.13 bits per heavy atom. The van der Waals surface area contributed by atoms with Crippen LogP contribution in [0.5, 0.6) is 0 Å². The Balaban J connectivity index is 1.55. The zero-order valence-electron chi connectivity index (χ0n) is 17.9. The van der Waals surface area contributed by atoms with E-state index in [4.69, 9.17) is 0 Å². The highest BCUT2D eigenvalue weighted by Crippen LogP contribution is 2.22. The average Bonchev–Trinajstić information content (AvgIpc) is 2.73. The minimum atomic E-state index is -3.49. The largest absolute Gasteiger partial charge is 0.348 e. The molecule has 1 heterocycles. The lowest BCUT2D eigenvalue weighted by molar-refractivity contribution is -0.123. The number of benzene rings is 2. The van der Waals surface area contributed by atoms with Gasteiger partial charge in [-0.2, -0.15) is 4.31 Å². The molecule has 1 amide bonds. The van der Waals surface area contributed by atoms with Crippen molar-refractivity contribution in [2.45, 2.75) is 31.7 Å². The Morgan fingerprint density at radius 1 is 0.967 bits per heavy atom. The van der Waals surface area contributed by atoms with Crippen LogP contribution in [0.15, 0.2) is 59.5 Å². The van der Waals surface area contributed by atoms with E-state index in [0.717, 1.165) is 11.1 Å². The van der Waals surface area contributed by atoms with Crippen LogP contribution in [0, 0.1) is 12.8 Å². The topological polar surface area (TPSA) is 69.7 Å². The van der Waals surface area contributed by atoms with Crippen molar-refractivity contribution in [2.75, 3.05) is 32.7 Å². The monoisotopic (exact) mass is 429 g/mol. The van der Waals surface area contributed by atoms with Gasteiger partial charge in [-0.05, 0) is 30.5 Å². The number of amides is 1. The van der Waals surface area contributed by atoms with Crippen molar-refractivity contribution in [1.29, 1.82) is 0 Å². The first-order chi connectivity index (χ1) is 14.3. The van der Waals surface area contributed by atoms with Crippen molar-refractivity contribution in [1.82, 2.24) is 14.5 Å². The maximum atomic E-state index is 12.8. The molecule has 1 aliphatic heterocycles. The number of aryl methyl sites for hydroxylation is 1. The summed E-state index contributed by atoms with van der Waals surface area (Å²) in [5.74, 6) is 0.236. The van der Waals surface area contributed by atoms with Gasteiger partial charge in [-0.3, -0.25) is 9.69 Å². The molecule has 0 bridgehead atoms. The first kappa shape index (κ1) is 22.5. The molecule has 1 saturated heterocycles. The third-order valence-electron chi connectivity index (χ3n) is 5.50. The van der Waals surface area contributed by atoms with E-state index >= 15 is 0 Å². The molecule has 2 aromatic carbocycles. The van der Waals surface area contributed by atoms with E-state index in [1.807, 2.05) is 54.3 Å². The van der Waals surface area contributed by atoms with Gasteiger partial charge in [-0.15, -0.1) is 0 Å². The molecule has 1 fully saturated rings. The van der Waals surface area contributed by atoms with E-state index in [-0.39, 0.29) is 24.4 Å². The van der Waals surface area contributed by atoms with Crippen LogP contribution in [-0.2, 0) is 14.8 Å². The molecule has 1 aliphatic rings.